The number of rotatable bonds is 5. The van der Waals surface area contributed by atoms with Crippen LogP contribution in [0.1, 0.15) is 12.8 Å². The number of piperidine rings is 1. The minimum absolute atomic E-state index is 0.131. The number of ether oxygens (including phenoxy) is 1. The van der Waals surface area contributed by atoms with Gasteiger partial charge in [-0.05, 0) is 71.6 Å². The van der Waals surface area contributed by atoms with Gasteiger partial charge in [-0.3, -0.25) is 4.90 Å². The van der Waals surface area contributed by atoms with Gasteiger partial charge in [0.1, 0.15) is 5.75 Å². The van der Waals surface area contributed by atoms with E-state index in [1.54, 1.807) is 13.2 Å². The summed E-state index contributed by atoms with van der Waals surface area (Å²) in [6.07, 6.45) is 7.02. The second kappa shape index (κ2) is 5.75. The third-order valence-electron chi connectivity index (χ3n) is 6.54. The Hall–Kier alpha value is -2.04. The molecule has 2 saturated heterocycles. The Morgan fingerprint density at radius 1 is 1.52 bits per heavy atom. The molecule has 4 heteroatoms. The fourth-order valence-electron chi connectivity index (χ4n) is 5.33. The fourth-order valence-corrected chi connectivity index (χ4v) is 5.33. The molecular formula is C21H26N2O2. The van der Waals surface area contributed by atoms with Gasteiger partial charge in [0.15, 0.2) is 0 Å². The summed E-state index contributed by atoms with van der Waals surface area (Å²) in [5.41, 5.74) is 6.77. The van der Waals surface area contributed by atoms with Gasteiger partial charge >= 0.3 is 0 Å². The van der Waals surface area contributed by atoms with Crippen LogP contribution in [-0.4, -0.2) is 41.3 Å². The smallest absolute Gasteiger partial charge is 0.119 e. The zero-order valence-electron chi connectivity index (χ0n) is 14.7. The number of nitrogens with two attached hydrogens (primary N) is 1. The molecule has 0 amide bonds. The molecule has 4 rings (SSSR count). The average Bonchev–Trinajstić information content (AvgIpc) is 3.18. The van der Waals surface area contributed by atoms with Crippen molar-refractivity contribution >= 4 is 12.2 Å². The van der Waals surface area contributed by atoms with Crippen molar-refractivity contribution in [2.24, 2.45) is 17.6 Å². The van der Waals surface area contributed by atoms with Crippen LogP contribution in [0.3, 0.4) is 0 Å². The Morgan fingerprint density at radius 2 is 2.32 bits per heavy atom. The Morgan fingerprint density at radius 3 is 2.96 bits per heavy atom. The molecule has 1 aliphatic carbocycles. The molecule has 3 fully saturated rings. The molecule has 4 unspecified atom stereocenters. The van der Waals surface area contributed by atoms with Crippen LogP contribution in [0, 0.1) is 11.8 Å². The summed E-state index contributed by atoms with van der Waals surface area (Å²) in [7, 11) is 1.64. The van der Waals surface area contributed by atoms with Gasteiger partial charge in [-0.15, -0.1) is 6.58 Å². The molecule has 4 nitrogen and oxygen atoms in total. The summed E-state index contributed by atoms with van der Waals surface area (Å²) in [5.74, 6) is 2.08. The Labute approximate surface area is 148 Å². The normalized spacial score (nSPS) is 35.5. The first-order valence-corrected chi connectivity index (χ1v) is 8.91. The lowest BCUT2D eigenvalue weighted by Crippen LogP contribution is -2.62. The van der Waals surface area contributed by atoms with Crippen LogP contribution >= 0.6 is 0 Å². The molecule has 132 valence electrons. The van der Waals surface area contributed by atoms with Crippen molar-refractivity contribution in [3.05, 3.63) is 53.6 Å². The summed E-state index contributed by atoms with van der Waals surface area (Å²) < 4.78 is 5.34. The van der Waals surface area contributed by atoms with Gasteiger partial charge in [-0.2, -0.15) is 0 Å². The maximum Gasteiger partial charge on any atom is 0.119 e. The highest BCUT2D eigenvalue weighted by Crippen LogP contribution is 2.70. The molecule has 1 aromatic carbocycles. The Kier molecular flexibility index (Phi) is 3.78. The molecule has 0 bridgehead atoms. The van der Waals surface area contributed by atoms with Gasteiger partial charge < -0.3 is 15.6 Å². The molecular weight excluding hydrogens is 312 g/mol. The highest BCUT2D eigenvalue weighted by atomic mass is 16.5. The van der Waals surface area contributed by atoms with Crippen LogP contribution in [0.2, 0.25) is 0 Å². The van der Waals surface area contributed by atoms with E-state index in [-0.39, 0.29) is 11.6 Å². The number of hydrogen-bond acceptors (Lipinski definition) is 4. The molecule has 5 atom stereocenters. The van der Waals surface area contributed by atoms with Crippen LogP contribution in [0.5, 0.6) is 5.75 Å². The minimum atomic E-state index is -0.595. The first-order chi connectivity index (χ1) is 12.1. The Bertz CT molecular complexity index is 846. The summed E-state index contributed by atoms with van der Waals surface area (Å²) in [6, 6.07) is 5.84. The number of aliphatic hydroxyl groups is 1. The molecule has 25 heavy (non-hydrogen) atoms. The van der Waals surface area contributed by atoms with E-state index in [4.69, 9.17) is 10.5 Å². The van der Waals surface area contributed by atoms with Gasteiger partial charge in [-0.1, -0.05) is 18.7 Å². The molecule has 1 saturated carbocycles. The molecule has 3 aliphatic rings. The van der Waals surface area contributed by atoms with Crippen LogP contribution < -0.4 is 20.9 Å². The predicted octanol–water partition coefficient (Wildman–Crippen LogP) is 0.738. The summed E-state index contributed by atoms with van der Waals surface area (Å²) in [5, 5.41) is 12.9. The predicted molar refractivity (Wildman–Crippen MR) is 100 cm³/mol. The lowest BCUT2D eigenvalue weighted by atomic mass is 9.82. The van der Waals surface area contributed by atoms with Crippen molar-refractivity contribution in [1.29, 1.82) is 0 Å². The Balaban J connectivity index is 1.71. The number of aliphatic hydroxyl groups excluding tert-OH is 1. The van der Waals surface area contributed by atoms with Gasteiger partial charge in [0.25, 0.3) is 0 Å². The van der Waals surface area contributed by atoms with E-state index >= 15 is 0 Å². The molecule has 0 radical (unpaired) electrons. The van der Waals surface area contributed by atoms with Gasteiger partial charge in [0.05, 0.1) is 13.2 Å². The zero-order valence-corrected chi connectivity index (χ0v) is 14.7. The molecule has 1 spiro atoms. The summed E-state index contributed by atoms with van der Waals surface area (Å²) in [6.45, 7) is 9.16. The molecule has 1 aromatic rings. The average molecular weight is 338 g/mol. The van der Waals surface area contributed by atoms with Gasteiger partial charge in [-0.25, -0.2) is 0 Å². The summed E-state index contributed by atoms with van der Waals surface area (Å²) in [4.78, 5) is 2.49. The first kappa shape index (κ1) is 16.4. The van der Waals surface area contributed by atoms with Crippen molar-refractivity contribution in [3.63, 3.8) is 0 Å². The molecule has 0 aromatic heterocycles. The lowest BCUT2D eigenvalue weighted by molar-refractivity contribution is -0.0444. The maximum absolute atomic E-state index is 11.2. The van der Waals surface area contributed by atoms with E-state index in [0.717, 1.165) is 40.6 Å². The van der Waals surface area contributed by atoms with Crippen LogP contribution in [0.4, 0.5) is 0 Å². The van der Waals surface area contributed by atoms with Crippen LogP contribution in [-0.2, 0) is 0 Å². The number of methoxy groups -OCH3 is 1. The monoisotopic (exact) mass is 338 g/mol. The van der Waals surface area contributed by atoms with E-state index in [1.807, 2.05) is 18.2 Å². The third-order valence-corrected chi connectivity index (χ3v) is 6.54. The van der Waals surface area contributed by atoms with Gasteiger partial charge in [0, 0.05) is 11.6 Å². The lowest BCUT2D eigenvalue weighted by Gasteiger charge is -2.50. The standard InChI is InChI=1S/C21H26N2O2/c1-4-17-18-8-10-23-19(12-21(17,18)23)20(24)15(7-9-22)16-11-14(25-3)6-5-13(16)2/h4-7,9,11,17-20,24H,1-2,8,10,12,22H2,3H3/b9-7-,16-15+/t17?,18?,19?,20-,21?/m1/s1. The molecule has 2 heterocycles. The van der Waals surface area contributed by atoms with Crippen molar-refractivity contribution < 1.29 is 9.84 Å². The molecule has 2 aliphatic heterocycles. The minimum Gasteiger partial charge on any atom is -0.497 e. The third kappa shape index (κ3) is 2.14. The SMILES string of the molecule is C=CC1C2CCN3C([C@H](O)C(/C=C\N)=c4\cc(OC)ccc4=C)CC123. The topological polar surface area (TPSA) is 58.7 Å². The molecule has 3 N–H and O–H groups in total. The zero-order chi connectivity index (χ0) is 17.8. The highest BCUT2D eigenvalue weighted by molar-refractivity contribution is 5.63. The maximum atomic E-state index is 11.2. The highest BCUT2D eigenvalue weighted by Gasteiger charge is 2.76. The van der Waals surface area contributed by atoms with Crippen molar-refractivity contribution in [2.45, 2.75) is 30.5 Å². The van der Waals surface area contributed by atoms with E-state index in [9.17, 15) is 5.11 Å². The first-order valence-electron chi connectivity index (χ1n) is 8.91. The van der Waals surface area contributed by atoms with E-state index < -0.39 is 6.10 Å². The largest absolute Gasteiger partial charge is 0.497 e. The number of benzene rings is 1. The second-order valence-corrected chi connectivity index (χ2v) is 7.40. The van der Waals surface area contributed by atoms with E-state index in [0.29, 0.717) is 5.92 Å². The van der Waals surface area contributed by atoms with Crippen molar-refractivity contribution in [1.82, 2.24) is 4.90 Å². The van der Waals surface area contributed by atoms with Crippen molar-refractivity contribution in [3.8, 4) is 5.75 Å². The second-order valence-electron chi connectivity index (χ2n) is 7.40. The van der Waals surface area contributed by atoms with Crippen LogP contribution in [0.15, 0.2) is 43.1 Å². The fraction of sp³-hybridized carbons (Fsp3) is 0.429. The summed E-state index contributed by atoms with van der Waals surface area (Å²) >= 11 is 0. The van der Waals surface area contributed by atoms with E-state index in [1.165, 1.54) is 12.6 Å². The number of hydrogen-bond donors (Lipinski definition) is 2. The number of nitrogens with zero attached hydrogens (tertiary/aromatic N) is 1. The van der Waals surface area contributed by atoms with Crippen molar-refractivity contribution in [2.75, 3.05) is 13.7 Å². The van der Waals surface area contributed by atoms with E-state index in [2.05, 4.69) is 24.1 Å². The quantitative estimate of drug-likeness (QED) is 0.778. The van der Waals surface area contributed by atoms with Crippen LogP contribution in [0.25, 0.3) is 12.2 Å². The van der Waals surface area contributed by atoms with Gasteiger partial charge in [0.2, 0.25) is 0 Å².